The minimum absolute atomic E-state index is 0.0608. The lowest BCUT2D eigenvalue weighted by molar-refractivity contribution is -0.137. The zero-order valence-electron chi connectivity index (χ0n) is 21.3. The van der Waals surface area contributed by atoms with E-state index in [0.717, 1.165) is 17.7 Å². The largest absolute Gasteiger partial charge is 0.493 e. The Morgan fingerprint density at radius 2 is 1.58 bits per heavy atom. The molecular formula is C30H31F3N2O3. The van der Waals surface area contributed by atoms with Gasteiger partial charge in [0.2, 0.25) is 5.91 Å². The van der Waals surface area contributed by atoms with Gasteiger partial charge in [0.1, 0.15) is 5.75 Å². The van der Waals surface area contributed by atoms with Crippen LogP contribution in [-0.4, -0.2) is 48.4 Å². The fraction of sp³-hybridized carbons (Fsp3) is 0.333. The van der Waals surface area contributed by atoms with E-state index in [9.17, 15) is 22.8 Å². The highest BCUT2D eigenvalue weighted by Crippen LogP contribution is 2.36. The van der Waals surface area contributed by atoms with E-state index in [2.05, 4.69) is 0 Å². The van der Waals surface area contributed by atoms with Gasteiger partial charge in [-0.05, 0) is 54.8 Å². The summed E-state index contributed by atoms with van der Waals surface area (Å²) in [5, 5.41) is 0. The van der Waals surface area contributed by atoms with Crippen LogP contribution in [0.25, 0.3) is 0 Å². The van der Waals surface area contributed by atoms with Crippen LogP contribution in [0.1, 0.15) is 40.7 Å². The van der Waals surface area contributed by atoms with Crippen molar-refractivity contribution in [1.29, 1.82) is 0 Å². The molecule has 8 heteroatoms. The van der Waals surface area contributed by atoms with Crippen molar-refractivity contribution in [3.05, 3.63) is 102 Å². The third-order valence-electron chi connectivity index (χ3n) is 6.91. The lowest BCUT2D eigenvalue weighted by Crippen LogP contribution is -2.50. The topological polar surface area (TPSA) is 49.9 Å². The van der Waals surface area contributed by atoms with Crippen LogP contribution in [0.5, 0.6) is 5.75 Å². The number of nitrogens with zero attached hydrogens (tertiary/aromatic N) is 2. The van der Waals surface area contributed by atoms with Crippen LogP contribution in [-0.2, 0) is 17.5 Å². The molecule has 0 spiro atoms. The first-order valence-corrected chi connectivity index (χ1v) is 12.6. The van der Waals surface area contributed by atoms with Gasteiger partial charge in [-0.3, -0.25) is 9.59 Å². The van der Waals surface area contributed by atoms with Crippen molar-refractivity contribution in [1.82, 2.24) is 9.80 Å². The maximum absolute atomic E-state index is 13.4. The Morgan fingerprint density at radius 3 is 2.21 bits per heavy atom. The van der Waals surface area contributed by atoms with Gasteiger partial charge < -0.3 is 14.5 Å². The number of likely N-dealkylation sites (tertiary alicyclic amines) is 1. The summed E-state index contributed by atoms with van der Waals surface area (Å²) < 4.78 is 45.0. The third-order valence-corrected chi connectivity index (χ3v) is 6.91. The molecule has 1 fully saturated rings. The second kappa shape index (κ2) is 11.7. The van der Waals surface area contributed by atoms with Crippen LogP contribution >= 0.6 is 0 Å². The predicted molar refractivity (Wildman–Crippen MR) is 138 cm³/mol. The number of ether oxygens (including phenoxy) is 1. The zero-order chi connectivity index (χ0) is 27.2. The molecule has 3 aromatic carbocycles. The summed E-state index contributed by atoms with van der Waals surface area (Å²) in [6, 6.07) is 23.2. The van der Waals surface area contributed by atoms with Crippen molar-refractivity contribution in [2.24, 2.45) is 5.41 Å². The molecule has 1 aliphatic rings. The zero-order valence-corrected chi connectivity index (χ0v) is 21.3. The molecule has 1 aliphatic heterocycles. The summed E-state index contributed by atoms with van der Waals surface area (Å²) >= 11 is 0. The van der Waals surface area contributed by atoms with Crippen molar-refractivity contribution in [2.45, 2.75) is 32.0 Å². The summed E-state index contributed by atoms with van der Waals surface area (Å²) in [5.41, 5.74) is -0.242. The first-order valence-electron chi connectivity index (χ1n) is 12.6. The number of para-hydroxylation sites is 1. The molecule has 0 bridgehead atoms. The van der Waals surface area contributed by atoms with Gasteiger partial charge in [-0.15, -0.1) is 0 Å². The molecule has 0 aliphatic carbocycles. The minimum atomic E-state index is -4.47. The van der Waals surface area contributed by atoms with Crippen LogP contribution in [0.2, 0.25) is 0 Å². The summed E-state index contributed by atoms with van der Waals surface area (Å²) in [7, 11) is 1.76. The number of hydrogen-bond donors (Lipinski definition) is 0. The van der Waals surface area contributed by atoms with Crippen LogP contribution in [0, 0.1) is 5.41 Å². The van der Waals surface area contributed by atoms with Crippen molar-refractivity contribution in [3.63, 3.8) is 0 Å². The summed E-state index contributed by atoms with van der Waals surface area (Å²) in [6.45, 7) is 1.42. The Morgan fingerprint density at radius 1 is 0.947 bits per heavy atom. The Balaban J connectivity index is 1.52. The molecule has 1 saturated heterocycles. The van der Waals surface area contributed by atoms with Crippen molar-refractivity contribution >= 4 is 11.8 Å². The Labute approximate surface area is 220 Å². The first-order chi connectivity index (χ1) is 18.2. The second-order valence-electron chi connectivity index (χ2n) is 9.92. The fourth-order valence-corrected chi connectivity index (χ4v) is 4.83. The van der Waals surface area contributed by atoms with Gasteiger partial charge in [-0.1, -0.05) is 48.5 Å². The number of carbonyl (C=O) groups excluding carboxylic acids is 2. The second-order valence-corrected chi connectivity index (χ2v) is 9.92. The van der Waals surface area contributed by atoms with E-state index in [1.807, 2.05) is 60.7 Å². The number of rotatable bonds is 8. The number of alkyl halides is 3. The van der Waals surface area contributed by atoms with E-state index in [-0.39, 0.29) is 37.0 Å². The molecule has 1 heterocycles. The van der Waals surface area contributed by atoms with Crippen LogP contribution in [0.15, 0.2) is 84.9 Å². The molecule has 3 aromatic rings. The highest BCUT2D eigenvalue weighted by Gasteiger charge is 2.41. The number of amides is 2. The van der Waals surface area contributed by atoms with E-state index in [4.69, 9.17) is 4.74 Å². The molecule has 0 saturated carbocycles. The number of piperidine rings is 1. The Bertz CT molecular complexity index is 1220. The van der Waals surface area contributed by atoms with E-state index in [1.54, 1.807) is 16.8 Å². The van der Waals surface area contributed by atoms with Crippen molar-refractivity contribution in [2.75, 3.05) is 26.7 Å². The molecule has 0 N–H and O–H groups in total. The van der Waals surface area contributed by atoms with Crippen LogP contribution < -0.4 is 4.74 Å². The van der Waals surface area contributed by atoms with E-state index < -0.39 is 17.2 Å². The molecule has 0 radical (unpaired) electrons. The molecule has 2 amide bonds. The molecular weight excluding hydrogens is 493 g/mol. The smallest absolute Gasteiger partial charge is 0.416 e. The van der Waals surface area contributed by atoms with Gasteiger partial charge in [-0.25, -0.2) is 0 Å². The SMILES string of the molecule is CN(Cc1ccccc1)C(=O)C[C@@]1(COc2ccccc2)CCCN(C(=O)c2ccc(C(F)(F)F)cc2)C1. The molecule has 5 nitrogen and oxygen atoms in total. The normalized spacial score (nSPS) is 17.6. The Kier molecular flexibility index (Phi) is 8.39. The predicted octanol–water partition coefficient (Wildman–Crippen LogP) is 6.06. The van der Waals surface area contributed by atoms with Crippen LogP contribution in [0.4, 0.5) is 13.2 Å². The number of halogens is 3. The highest BCUT2D eigenvalue weighted by atomic mass is 19.4. The molecule has 200 valence electrons. The average Bonchev–Trinajstić information content (AvgIpc) is 2.92. The summed E-state index contributed by atoms with van der Waals surface area (Å²) in [4.78, 5) is 30.0. The van der Waals surface area contributed by atoms with Gasteiger partial charge in [0.05, 0.1) is 12.2 Å². The standard InChI is InChI=1S/C30H31F3N2O3/c1-34(20-23-9-4-2-5-10-23)27(36)19-29(22-38-26-11-6-3-7-12-26)17-8-18-35(21-29)28(37)24-13-15-25(16-14-24)30(31,32)33/h2-7,9-16H,8,17-22H2,1H3/t29-/m0/s1. The summed E-state index contributed by atoms with van der Waals surface area (Å²) in [5.74, 6) is 0.255. The number of hydrogen-bond acceptors (Lipinski definition) is 3. The number of carbonyl (C=O) groups is 2. The minimum Gasteiger partial charge on any atom is -0.493 e. The van der Waals surface area contributed by atoms with Gasteiger partial charge in [0.25, 0.3) is 5.91 Å². The highest BCUT2D eigenvalue weighted by molar-refractivity contribution is 5.94. The van der Waals surface area contributed by atoms with Gasteiger partial charge >= 0.3 is 6.18 Å². The maximum atomic E-state index is 13.4. The van der Waals surface area contributed by atoms with Gasteiger partial charge in [0, 0.05) is 44.1 Å². The van der Waals surface area contributed by atoms with Crippen LogP contribution in [0.3, 0.4) is 0 Å². The van der Waals surface area contributed by atoms with E-state index in [0.29, 0.717) is 31.7 Å². The quantitative estimate of drug-likeness (QED) is 0.360. The molecule has 4 rings (SSSR count). The van der Waals surface area contributed by atoms with E-state index in [1.165, 1.54) is 12.1 Å². The van der Waals surface area contributed by atoms with E-state index >= 15 is 0 Å². The Hall–Kier alpha value is -3.81. The third kappa shape index (κ3) is 6.94. The van der Waals surface area contributed by atoms with Crippen molar-refractivity contribution in [3.8, 4) is 5.75 Å². The maximum Gasteiger partial charge on any atom is 0.416 e. The monoisotopic (exact) mass is 524 g/mol. The fourth-order valence-electron chi connectivity index (χ4n) is 4.83. The van der Waals surface area contributed by atoms with Gasteiger partial charge in [-0.2, -0.15) is 13.2 Å². The molecule has 0 unspecified atom stereocenters. The number of benzene rings is 3. The lowest BCUT2D eigenvalue weighted by atomic mass is 9.77. The van der Waals surface area contributed by atoms with Crippen molar-refractivity contribution < 1.29 is 27.5 Å². The summed E-state index contributed by atoms with van der Waals surface area (Å²) in [6.07, 6.45) is -2.95. The molecule has 38 heavy (non-hydrogen) atoms. The lowest BCUT2D eigenvalue weighted by Gasteiger charge is -2.43. The first kappa shape index (κ1) is 27.2. The molecule has 1 atom stereocenters. The molecule has 0 aromatic heterocycles. The van der Waals surface area contributed by atoms with Gasteiger partial charge in [0.15, 0.2) is 0 Å². The average molecular weight is 525 g/mol.